The molecule has 0 fully saturated rings. The highest BCUT2D eigenvalue weighted by atomic mass is 32.2. The summed E-state index contributed by atoms with van der Waals surface area (Å²) in [6.45, 7) is 2.41. The molecular weight excluding hydrogens is 185 g/mol. The van der Waals surface area contributed by atoms with Gasteiger partial charge < -0.3 is 5.73 Å². The van der Waals surface area contributed by atoms with Crippen molar-refractivity contribution in [1.82, 2.24) is 0 Å². The molecule has 0 aliphatic heterocycles. The van der Waals surface area contributed by atoms with E-state index in [1.54, 1.807) is 6.07 Å². The van der Waals surface area contributed by atoms with Gasteiger partial charge in [0, 0.05) is 4.90 Å². The first-order valence-corrected chi connectivity index (χ1v) is 5.45. The lowest BCUT2D eigenvalue weighted by molar-refractivity contribution is 0.587. The van der Waals surface area contributed by atoms with E-state index in [9.17, 15) is 4.39 Å². The second-order valence-corrected chi connectivity index (χ2v) is 3.90. The first-order valence-electron chi connectivity index (χ1n) is 4.22. The van der Waals surface area contributed by atoms with E-state index in [0.717, 1.165) is 4.90 Å². The summed E-state index contributed by atoms with van der Waals surface area (Å²) in [4.78, 5) is 0.950. The fourth-order valence-electron chi connectivity index (χ4n) is 1.16. The van der Waals surface area contributed by atoms with Gasteiger partial charge in [0.15, 0.2) is 0 Å². The van der Waals surface area contributed by atoms with Gasteiger partial charge >= 0.3 is 0 Å². The van der Waals surface area contributed by atoms with Gasteiger partial charge in [0.1, 0.15) is 5.82 Å². The molecule has 0 saturated heterocycles. The van der Waals surface area contributed by atoms with Gasteiger partial charge in [0.25, 0.3) is 0 Å². The van der Waals surface area contributed by atoms with Gasteiger partial charge in [-0.3, -0.25) is 0 Å². The molecule has 0 saturated carbocycles. The molecule has 0 spiro atoms. The summed E-state index contributed by atoms with van der Waals surface area (Å²) in [5.74, 6) is -0.0549. The maximum Gasteiger partial charge on any atom is 0.127 e. The van der Waals surface area contributed by atoms with Crippen LogP contribution in [0.3, 0.4) is 0 Å². The number of benzene rings is 1. The van der Waals surface area contributed by atoms with Crippen molar-refractivity contribution in [2.45, 2.75) is 17.7 Å². The SMILES string of the molecule is CSc1ccc(C(C)CN)c(F)c1. The van der Waals surface area contributed by atoms with Crippen LogP contribution in [0.5, 0.6) is 0 Å². The molecule has 1 rings (SSSR count). The smallest absolute Gasteiger partial charge is 0.127 e. The molecule has 0 aliphatic carbocycles. The first-order chi connectivity index (χ1) is 6.19. The highest BCUT2D eigenvalue weighted by molar-refractivity contribution is 7.98. The molecule has 0 radical (unpaired) electrons. The van der Waals surface area contributed by atoms with Crippen molar-refractivity contribution in [1.29, 1.82) is 0 Å². The molecule has 0 aromatic heterocycles. The molecule has 0 bridgehead atoms. The fourth-order valence-corrected chi connectivity index (χ4v) is 1.59. The van der Waals surface area contributed by atoms with E-state index >= 15 is 0 Å². The van der Waals surface area contributed by atoms with Gasteiger partial charge in [-0.15, -0.1) is 11.8 Å². The van der Waals surface area contributed by atoms with E-state index in [1.165, 1.54) is 11.8 Å². The highest BCUT2D eigenvalue weighted by Crippen LogP contribution is 2.23. The van der Waals surface area contributed by atoms with Crippen molar-refractivity contribution < 1.29 is 4.39 Å². The van der Waals surface area contributed by atoms with Crippen LogP contribution >= 0.6 is 11.8 Å². The summed E-state index contributed by atoms with van der Waals surface area (Å²) < 4.78 is 13.4. The van der Waals surface area contributed by atoms with Crippen molar-refractivity contribution in [3.05, 3.63) is 29.6 Å². The minimum Gasteiger partial charge on any atom is -0.330 e. The predicted molar refractivity (Wildman–Crippen MR) is 55.7 cm³/mol. The number of halogens is 1. The van der Waals surface area contributed by atoms with Crippen LogP contribution in [-0.4, -0.2) is 12.8 Å². The normalized spacial score (nSPS) is 12.9. The largest absolute Gasteiger partial charge is 0.330 e. The number of hydrogen-bond acceptors (Lipinski definition) is 2. The third-order valence-electron chi connectivity index (χ3n) is 2.09. The average molecular weight is 199 g/mol. The lowest BCUT2D eigenvalue weighted by Crippen LogP contribution is -2.10. The highest BCUT2D eigenvalue weighted by Gasteiger charge is 2.09. The molecule has 2 N–H and O–H groups in total. The van der Waals surface area contributed by atoms with Crippen molar-refractivity contribution in [2.75, 3.05) is 12.8 Å². The predicted octanol–water partition coefficient (Wildman–Crippen LogP) is 2.61. The second kappa shape index (κ2) is 4.63. The Labute approximate surface area is 82.5 Å². The molecule has 3 heteroatoms. The van der Waals surface area contributed by atoms with E-state index in [1.807, 2.05) is 25.3 Å². The molecule has 1 aromatic rings. The third kappa shape index (κ3) is 2.45. The van der Waals surface area contributed by atoms with E-state index in [0.29, 0.717) is 12.1 Å². The van der Waals surface area contributed by atoms with Gasteiger partial charge in [-0.1, -0.05) is 13.0 Å². The standard InChI is InChI=1S/C10H14FNS/c1-7(6-12)9-4-3-8(13-2)5-10(9)11/h3-5,7H,6,12H2,1-2H3. The van der Waals surface area contributed by atoms with Gasteiger partial charge in [0.05, 0.1) is 0 Å². The number of nitrogens with two attached hydrogens (primary N) is 1. The Balaban J connectivity index is 2.98. The Hall–Kier alpha value is -0.540. The monoisotopic (exact) mass is 199 g/mol. The van der Waals surface area contributed by atoms with Crippen molar-refractivity contribution in [3.8, 4) is 0 Å². The fraction of sp³-hybridized carbons (Fsp3) is 0.400. The van der Waals surface area contributed by atoms with Crippen LogP contribution in [0.1, 0.15) is 18.4 Å². The Bertz CT molecular complexity index is 288. The number of rotatable bonds is 3. The van der Waals surface area contributed by atoms with Crippen LogP contribution in [0, 0.1) is 5.82 Å². The molecule has 1 nitrogen and oxygen atoms in total. The maximum atomic E-state index is 13.4. The average Bonchev–Trinajstić information content (AvgIpc) is 2.16. The van der Waals surface area contributed by atoms with E-state index in [4.69, 9.17) is 5.73 Å². The van der Waals surface area contributed by atoms with Crippen molar-refractivity contribution in [2.24, 2.45) is 5.73 Å². The molecule has 1 unspecified atom stereocenters. The molecule has 1 aromatic carbocycles. The van der Waals surface area contributed by atoms with Gasteiger partial charge in [-0.05, 0) is 36.4 Å². The Morgan fingerprint density at radius 2 is 2.23 bits per heavy atom. The summed E-state index contributed by atoms with van der Waals surface area (Å²) in [6, 6.07) is 5.31. The summed E-state index contributed by atoms with van der Waals surface area (Å²) in [5, 5.41) is 0. The van der Waals surface area contributed by atoms with Crippen LogP contribution in [0.25, 0.3) is 0 Å². The molecule has 13 heavy (non-hydrogen) atoms. The van der Waals surface area contributed by atoms with E-state index < -0.39 is 0 Å². The molecule has 1 atom stereocenters. The zero-order valence-electron chi connectivity index (χ0n) is 7.88. The van der Waals surface area contributed by atoms with E-state index in [2.05, 4.69) is 0 Å². The van der Waals surface area contributed by atoms with Gasteiger partial charge in [-0.2, -0.15) is 0 Å². The Kier molecular flexibility index (Phi) is 3.75. The molecular formula is C10H14FNS. The van der Waals surface area contributed by atoms with Gasteiger partial charge in [0.2, 0.25) is 0 Å². The topological polar surface area (TPSA) is 26.0 Å². The van der Waals surface area contributed by atoms with Crippen LogP contribution in [0.4, 0.5) is 4.39 Å². The van der Waals surface area contributed by atoms with Crippen LogP contribution in [-0.2, 0) is 0 Å². The van der Waals surface area contributed by atoms with Gasteiger partial charge in [-0.25, -0.2) is 4.39 Å². The summed E-state index contributed by atoms with van der Waals surface area (Å²) in [7, 11) is 0. The molecule has 0 aliphatic rings. The number of thioether (sulfide) groups is 1. The minimum atomic E-state index is -0.148. The zero-order valence-corrected chi connectivity index (χ0v) is 8.70. The van der Waals surface area contributed by atoms with Crippen molar-refractivity contribution in [3.63, 3.8) is 0 Å². The van der Waals surface area contributed by atoms with Crippen LogP contribution < -0.4 is 5.73 Å². The van der Waals surface area contributed by atoms with Crippen LogP contribution in [0.2, 0.25) is 0 Å². The third-order valence-corrected chi connectivity index (χ3v) is 2.82. The second-order valence-electron chi connectivity index (χ2n) is 3.02. The van der Waals surface area contributed by atoms with Crippen LogP contribution in [0.15, 0.2) is 23.1 Å². The first kappa shape index (κ1) is 10.5. The molecule has 72 valence electrons. The maximum absolute atomic E-state index is 13.4. The zero-order chi connectivity index (χ0) is 9.84. The Morgan fingerprint density at radius 3 is 2.69 bits per heavy atom. The molecule has 0 amide bonds. The molecule has 0 heterocycles. The quantitative estimate of drug-likeness (QED) is 0.757. The minimum absolute atomic E-state index is 0.0934. The summed E-state index contributed by atoms with van der Waals surface area (Å²) >= 11 is 1.54. The lowest BCUT2D eigenvalue weighted by Gasteiger charge is -2.10. The Morgan fingerprint density at radius 1 is 1.54 bits per heavy atom. The summed E-state index contributed by atoms with van der Waals surface area (Å²) in [6.07, 6.45) is 1.93. The number of hydrogen-bond donors (Lipinski definition) is 1. The summed E-state index contributed by atoms with van der Waals surface area (Å²) in [5.41, 5.74) is 6.18. The van der Waals surface area contributed by atoms with Crippen molar-refractivity contribution >= 4 is 11.8 Å². The van der Waals surface area contributed by atoms with E-state index in [-0.39, 0.29) is 11.7 Å². The lowest BCUT2D eigenvalue weighted by atomic mass is 10.0.